The third-order valence-corrected chi connectivity index (χ3v) is 5.85. The van der Waals surface area contributed by atoms with Crippen LogP contribution in [-0.4, -0.2) is 21.1 Å². The van der Waals surface area contributed by atoms with Gasteiger partial charge >= 0.3 is 6.18 Å². The largest absolute Gasteiger partial charge is 0.433 e. The number of pyridine rings is 1. The van der Waals surface area contributed by atoms with Crippen LogP contribution in [0.3, 0.4) is 0 Å². The number of benzene rings is 1. The van der Waals surface area contributed by atoms with Crippen molar-refractivity contribution in [2.45, 2.75) is 50.6 Å². The number of fused-ring (bicyclic) bond motifs is 2. The van der Waals surface area contributed by atoms with Gasteiger partial charge < -0.3 is 5.32 Å². The van der Waals surface area contributed by atoms with Crippen molar-refractivity contribution >= 4 is 16.9 Å². The third kappa shape index (κ3) is 2.93. The first-order valence-electron chi connectivity index (χ1n) is 9.84. The van der Waals surface area contributed by atoms with Crippen molar-refractivity contribution < 1.29 is 13.2 Å². The Morgan fingerprint density at radius 3 is 2.61 bits per heavy atom. The first-order chi connectivity index (χ1) is 13.5. The minimum absolute atomic E-state index is 0.253. The molecule has 1 saturated carbocycles. The Morgan fingerprint density at radius 2 is 1.82 bits per heavy atom. The molecule has 0 radical (unpaired) electrons. The summed E-state index contributed by atoms with van der Waals surface area (Å²) in [4.78, 5) is 8.74. The molecule has 146 valence electrons. The van der Waals surface area contributed by atoms with E-state index in [1.165, 1.54) is 18.1 Å². The second kappa shape index (κ2) is 6.50. The molecule has 1 aromatic carbocycles. The van der Waals surface area contributed by atoms with Gasteiger partial charge in [0.1, 0.15) is 17.0 Å². The normalized spacial score (nSPS) is 17.7. The second-order valence-corrected chi connectivity index (χ2v) is 7.70. The fraction of sp³-hybridized carbons (Fsp3) is 0.429. The maximum atomic E-state index is 13.3. The molecule has 1 N–H and O–H groups in total. The van der Waals surface area contributed by atoms with Crippen LogP contribution in [0, 0.1) is 0 Å². The van der Waals surface area contributed by atoms with Gasteiger partial charge in [-0.25, -0.2) is 9.97 Å². The lowest BCUT2D eigenvalue weighted by Crippen LogP contribution is -2.12. The number of rotatable bonds is 2. The summed E-state index contributed by atoms with van der Waals surface area (Å²) in [6.45, 7) is 0.884. The minimum Gasteiger partial charge on any atom is -0.384 e. The van der Waals surface area contributed by atoms with E-state index in [0.29, 0.717) is 11.2 Å². The van der Waals surface area contributed by atoms with Crippen molar-refractivity contribution in [3.63, 3.8) is 0 Å². The van der Waals surface area contributed by atoms with Crippen LogP contribution in [0.1, 0.15) is 55.1 Å². The van der Waals surface area contributed by atoms with Crippen LogP contribution < -0.4 is 5.32 Å². The van der Waals surface area contributed by atoms with Crippen molar-refractivity contribution in [3.8, 4) is 5.69 Å². The molecule has 0 atom stereocenters. The molecule has 2 aromatic heterocycles. The Kier molecular flexibility index (Phi) is 4.07. The zero-order valence-corrected chi connectivity index (χ0v) is 15.4. The fourth-order valence-electron chi connectivity index (χ4n) is 4.45. The summed E-state index contributed by atoms with van der Waals surface area (Å²) >= 11 is 0. The van der Waals surface area contributed by atoms with E-state index in [1.54, 1.807) is 0 Å². The quantitative estimate of drug-likeness (QED) is 0.636. The predicted molar refractivity (Wildman–Crippen MR) is 102 cm³/mol. The van der Waals surface area contributed by atoms with E-state index in [9.17, 15) is 13.2 Å². The Bertz CT molecular complexity index is 1030. The number of nitrogens with zero attached hydrogens (tertiary/aromatic N) is 3. The van der Waals surface area contributed by atoms with Crippen LogP contribution in [0.15, 0.2) is 30.3 Å². The van der Waals surface area contributed by atoms with Gasteiger partial charge in [-0.15, -0.1) is 0 Å². The molecule has 2 aliphatic rings. The number of halogens is 3. The summed E-state index contributed by atoms with van der Waals surface area (Å²) in [5.41, 5.74) is 3.06. The molecular formula is C21H21F3N4. The summed E-state index contributed by atoms with van der Waals surface area (Å²) in [5.74, 6) is 1.09. The topological polar surface area (TPSA) is 42.7 Å². The van der Waals surface area contributed by atoms with Crippen molar-refractivity contribution in [1.29, 1.82) is 0 Å². The lowest BCUT2D eigenvalue weighted by molar-refractivity contribution is -0.141. The van der Waals surface area contributed by atoms with Crippen molar-refractivity contribution in [1.82, 2.24) is 14.5 Å². The second-order valence-electron chi connectivity index (χ2n) is 7.70. The molecule has 5 rings (SSSR count). The van der Waals surface area contributed by atoms with Crippen LogP contribution in [0.2, 0.25) is 0 Å². The van der Waals surface area contributed by atoms with Gasteiger partial charge in [0.05, 0.1) is 0 Å². The molecule has 0 saturated heterocycles. The Morgan fingerprint density at radius 1 is 1.00 bits per heavy atom. The lowest BCUT2D eigenvalue weighted by Gasteiger charge is -2.22. The maximum absolute atomic E-state index is 13.3. The van der Waals surface area contributed by atoms with Crippen LogP contribution >= 0.6 is 0 Å². The Balaban J connectivity index is 1.73. The number of anilines is 1. The van der Waals surface area contributed by atoms with Crippen LogP contribution in [0.5, 0.6) is 0 Å². The molecule has 0 amide bonds. The average Bonchev–Trinajstić information content (AvgIpc) is 3.31. The molecule has 0 spiro atoms. The molecule has 7 heteroatoms. The number of imidazole rings is 1. The zero-order chi connectivity index (χ0) is 19.3. The highest BCUT2D eigenvalue weighted by Gasteiger charge is 2.34. The van der Waals surface area contributed by atoms with Crippen molar-refractivity contribution in [2.24, 2.45) is 0 Å². The summed E-state index contributed by atoms with van der Waals surface area (Å²) in [6, 6.07) is 8.48. The zero-order valence-electron chi connectivity index (χ0n) is 15.4. The maximum Gasteiger partial charge on any atom is 0.433 e. The summed E-state index contributed by atoms with van der Waals surface area (Å²) in [7, 11) is 0. The molecule has 1 aliphatic heterocycles. The smallest absolute Gasteiger partial charge is 0.384 e. The van der Waals surface area contributed by atoms with Gasteiger partial charge in [-0.2, -0.15) is 13.2 Å². The molecular weight excluding hydrogens is 365 g/mol. The van der Waals surface area contributed by atoms with Gasteiger partial charge in [-0.05, 0) is 55.2 Å². The SMILES string of the molecule is FC(F)(F)c1ccc2nc(C3CCCCC3)n(-c3ccc4c(c3)CCN4)c2n1. The molecule has 0 bridgehead atoms. The van der Waals surface area contributed by atoms with Gasteiger partial charge in [0, 0.05) is 23.8 Å². The van der Waals surface area contributed by atoms with Gasteiger partial charge in [-0.3, -0.25) is 4.57 Å². The van der Waals surface area contributed by atoms with E-state index < -0.39 is 11.9 Å². The number of hydrogen-bond donors (Lipinski definition) is 1. The molecule has 1 aliphatic carbocycles. The minimum atomic E-state index is -4.48. The van der Waals surface area contributed by atoms with Gasteiger partial charge in [0.15, 0.2) is 5.65 Å². The van der Waals surface area contributed by atoms with E-state index in [-0.39, 0.29) is 5.92 Å². The third-order valence-electron chi connectivity index (χ3n) is 5.85. The van der Waals surface area contributed by atoms with Crippen LogP contribution in [0.25, 0.3) is 16.9 Å². The highest BCUT2D eigenvalue weighted by atomic mass is 19.4. The number of nitrogens with one attached hydrogen (secondary N) is 1. The molecule has 3 heterocycles. The summed E-state index contributed by atoms with van der Waals surface area (Å²) in [6.07, 6.45) is 1.93. The first-order valence-corrected chi connectivity index (χ1v) is 9.84. The highest BCUT2D eigenvalue weighted by molar-refractivity contribution is 5.75. The Hall–Kier alpha value is -2.57. The van der Waals surface area contributed by atoms with Gasteiger partial charge in [-0.1, -0.05) is 19.3 Å². The van der Waals surface area contributed by atoms with E-state index in [4.69, 9.17) is 4.98 Å². The molecule has 3 aromatic rings. The average molecular weight is 386 g/mol. The molecule has 4 nitrogen and oxygen atoms in total. The molecule has 28 heavy (non-hydrogen) atoms. The molecule has 0 unspecified atom stereocenters. The van der Waals surface area contributed by atoms with Crippen molar-refractivity contribution in [3.05, 3.63) is 47.4 Å². The number of aromatic nitrogens is 3. The summed E-state index contributed by atoms with van der Waals surface area (Å²) < 4.78 is 41.7. The standard InChI is InChI=1S/C21H21F3N4/c22-21(23,24)18-9-8-17-20(27-18)28(19(26-17)13-4-2-1-3-5-13)15-6-7-16-14(12-15)10-11-25-16/h6-9,12-13,25H,1-5,10-11H2. The van der Waals surface area contributed by atoms with Crippen molar-refractivity contribution in [2.75, 3.05) is 11.9 Å². The van der Waals surface area contributed by atoms with E-state index in [1.807, 2.05) is 16.7 Å². The van der Waals surface area contributed by atoms with E-state index >= 15 is 0 Å². The first kappa shape index (κ1) is 17.5. The van der Waals surface area contributed by atoms with Crippen LogP contribution in [-0.2, 0) is 12.6 Å². The van der Waals surface area contributed by atoms with Gasteiger partial charge in [0.25, 0.3) is 0 Å². The fourth-order valence-corrected chi connectivity index (χ4v) is 4.45. The Labute approximate surface area is 160 Å². The van der Waals surface area contributed by atoms with Gasteiger partial charge in [0.2, 0.25) is 0 Å². The number of alkyl halides is 3. The van der Waals surface area contributed by atoms with Crippen LogP contribution in [0.4, 0.5) is 18.9 Å². The monoisotopic (exact) mass is 386 g/mol. The molecule has 1 fully saturated rings. The van der Waals surface area contributed by atoms with E-state index in [0.717, 1.165) is 61.9 Å². The highest BCUT2D eigenvalue weighted by Crippen LogP contribution is 2.37. The lowest BCUT2D eigenvalue weighted by atomic mass is 9.88. The van der Waals surface area contributed by atoms with E-state index in [2.05, 4.69) is 16.4 Å². The number of hydrogen-bond acceptors (Lipinski definition) is 3. The summed E-state index contributed by atoms with van der Waals surface area (Å²) in [5, 5.41) is 3.33. The predicted octanol–water partition coefficient (Wildman–Crippen LogP) is 5.46.